The molecule has 0 aromatic heterocycles. The summed E-state index contributed by atoms with van der Waals surface area (Å²) >= 11 is 0. The molecule has 0 spiro atoms. The van der Waals surface area contributed by atoms with Crippen LogP contribution in [-0.4, -0.2) is 18.6 Å². The molecule has 1 aromatic carbocycles. The summed E-state index contributed by atoms with van der Waals surface area (Å²) in [6, 6.07) is 0.883. The zero-order valence-electron chi connectivity index (χ0n) is 6.59. The van der Waals surface area contributed by atoms with Crippen molar-refractivity contribution < 1.29 is 27.0 Å². The number of anilines is 1. The number of fused-ring (bicyclic) bond motifs is 2. The van der Waals surface area contributed by atoms with Gasteiger partial charge in [-0.25, -0.2) is 0 Å². The van der Waals surface area contributed by atoms with E-state index in [1.54, 1.807) is 0 Å². The van der Waals surface area contributed by atoms with E-state index in [0.717, 1.165) is 6.07 Å². The van der Waals surface area contributed by atoms with Gasteiger partial charge in [-0.2, -0.15) is 0 Å². The second kappa shape index (κ2) is 2.35. The van der Waals surface area contributed by atoms with Gasteiger partial charge in [0.05, 0.1) is 0 Å². The zero-order chi connectivity index (χ0) is 10.5. The molecule has 1 aliphatic rings. The lowest BCUT2D eigenvalue weighted by molar-refractivity contribution is 0.345. The van der Waals surface area contributed by atoms with Crippen LogP contribution in [-0.2, 0) is 10.4 Å². The summed E-state index contributed by atoms with van der Waals surface area (Å²) in [5.41, 5.74) is 5.16. The fraction of sp³-hybridized carbons (Fsp3) is 0. The first-order chi connectivity index (χ1) is 6.41. The van der Waals surface area contributed by atoms with E-state index in [1.807, 2.05) is 0 Å². The summed E-state index contributed by atoms with van der Waals surface area (Å²) < 4.78 is 30.3. The molecule has 1 aliphatic heterocycles. The van der Waals surface area contributed by atoms with E-state index >= 15 is 0 Å². The Morgan fingerprint density at radius 2 is 1.93 bits per heavy atom. The van der Waals surface area contributed by atoms with E-state index < -0.39 is 27.6 Å². The van der Waals surface area contributed by atoms with Crippen molar-refractivity contribution in [3.05, 3.63) is 6.07 Å². The van der Waals surface area contributed by atoms with Crippen molar-refractivity contribution >= 4 is 16.1 Å². The third-order valence-electron chi connectivity index (χ3n) is 1.61. The van der Waals surface area contributed by atoms with E-state index in [4.69, 9.17) is 10.8 Å². The number of rotatable bonds is 0. The van der Waals surface area contributed by atoms with Crippen molar-refractivity contribution in [2.24, 2.45) is 0 Å². The smallest absolute Gasteiger partial charge is 0.501 e. The first-order valence-corrected chi connectivity index (χ1v) is 4.72. The van der Waals surface area contributed by atoms with Gasteiger partial charge in [-0.05, 0) is 0 Å². The van der Waals surface area contributed by atoms with Crippen LogP contribution < -0.4 is 14.1 Å². The highest BCUT2D eigenvalue weighted by Crippen LogP contribution is 2.49. The van der Waals surface area contributed by atoms with Gasteiger partial charge in [0.1, 0.15) is 5.69 Å². The minimum Gasteiger partial charge on any atom is -0.504 e. The molecule has 2 rings (SSSR count). The fourth-order valence-corrected chi connectivity index (χ4v) is 1.77. The molecule has 0 aliphatic carbocycles. The van der Waals surface area contributed by atoms with Crippen LogP contribution in [0, 0.1) is 0 Å². The van der Waals surface area contributed by atoms with Gasteiger partial charge in [0, 0.05) is 6.07 Å². The minimum absolute atomic E-state index is 0.185. The highest BCUT2D eigenvalue weighted by molar-refractivity contribution is 7.82. The highest BCUT2D eigenvalue weighted by atomic mass is 32.3. The average molecular weight is 219 g/mol. The summed E-state index contributed by atoms with van der Waals surface area (Å²) in [7, 11) is -4.24. The van der Waals surface area contributed by atoms with Crippen molar-refractivity contribution in [2.45, 2.75) is 0 Å². The van der Waals surface area contributed by atoms with Crippen molar-refractivity contribution in [2.75, 3.05) is 5.73 Å². The largest absolute Gasteiger partial charge is 0.504 e. The normalized spacial score (nSPS) is 16.9. The van der Waals surface area contributed by atoms with E-state index in [9.17, 15) is 13.5 Å². The number of phenolic OH excluding ortho intramolecular Hbond substituents is 2. The highest BCUT2D eigenvalue weighted by Gasteiger charge is 2.31. The predicted octanol–water partition coefficient (Wildman–Crippen LogP) is -0.304. The van der Waals surface area contributed by atoms with Crippen molar-refractivity contribution in [3.63, 3.8) is 0 Å². The van der Waals surface area contributed by atoms with E-state index in [0.29, 0.717) is 0 Å². The molecule has 0 atom stereocenters. The Kier molecular flexibility index (Phi) is 1.47. The number of hydrogen-bond acceptors (Lipinski definition) is 7. The summed E-state index contributed by atoms with van der Waals surface area (Å²) in [6.07, 6.45) is 0. The van der Waals surface area contributed by atoms with Crippen molar-refractivity contribution in [1.29, 1.82) is 0 Å². The van der Waals surface area contributed by atoms with Crippen LogP contribution in [0.5, 0.6) is 23.0 Å². The van der Waals surface area contributed by atoms with Gasteiger partial charge in [0.15, 0.2) is 11.5 Å². The molecular weight excluding hydrogens is 214 g/mol. The molecule has 0 unspecified atom stereocenters. The number of nitrogen functional groups attached to an aromatic ring is 1. The second-order valence-corrected chi connectivity index (χ2v) is 3.71. The van der Waals surface area contributed by atoms with Crippen LogP contribution in [0.1, 0.15) is 0 Å². The third-order valence-corrected chi connectivity index (χ3v) is 2.37. The van der Waals surface area contributed by atoms with Gasteiger partial charge in [0.2, 0.25) is 11.5 Å². The maximum Gasteiger partial charge on any atom is 0.501 e. The summed E-state index contributed by atoms with van der Waals surface area (Å²) in [5, 5.41) is 18.3. The SMILES string of the molecule is Nc1c2cc(O)c(O)c1OS(=O)(=O)O2. The fourth-order valence-electron chi connectivity index (χ4n) is 1.01. The molecule has 0 amide bonds. The topological polar surface area (TPSA) is 119 Å². The number of hydrogen-bond donors (Lipinski definition) is 3. The van der Waals surface area contributed by atoms with Crippen LogP contribution in [0.25, 0.3) is 0 Å². The van der Waals surface area contributed by atoms with Crippen molar-refractivity contribution in [3.8, 4) is 23.0 Å². The summed E-state index contributed by atoms with van der Waals surface area (Å²) in [6.45, 7) is 0. The lowest BCUT2D eigenvalue weighted by Gasteiger charge is -2.18. The van der Waals surface area contributed by atoms with Crippen LogP contribution >= 0.6 is 0 Å². The Morgan fingerprint density at radius 3 is 2.57 bits per heavy atom. The number of benzene rings is 1. The Balaban J connectivity index is 2.76. The Morgan fingerprint density at radius 1 is 1.29 bits per heavy atom. The maximum absolute atomic E-state index is 10.9. The van der Waals surface area contributed by atoms with Gasteiger partial charge in [-0.1, -0.05) is 0 Å². The minimum atomic E-state index is -4.24. The van der Waals surface area contributed by atoms with E-state index in [-0.39, 0.29) is 11.4 Å². The molecule has 7 nitrogen and oxygen atoms in total. The van der Waals surface area contributed by atoms with Gasteiger partial charge in [-0.15, -0.1) is 8.42 Å². The van der Waals surface area contributed by atoms with Gasteiger partial charge in [0.25, 0.3) is 0 Å². The first-order valence-electron chi connectivity index (χ1n) is 3.39. The molecule has 0 saturated carbocycles. The number of phenols is 2. The molecule has 8 heteroatoms. The molecule has 1 heterocycles. The van der Waals surface area contributed by atoms with E-state index in [1.165, 1.54) is 0 Å². The lowest BCUT2D eigenvalue weighted by Crippen LogP contribution is -2.21. The average Bonchev–Trinajstić information content (AvgIpc) is 2.06. The molecule has 0 saturated heterocycles. The van der Waals surface area contributed by atoms with E-state index in [2.05, 4.69) is 8.37 Å². The molecule has 0 radical (unpaired) electrons. The summed E-state index contributed by atoms with van der Waals surface area (Å²) in [5.74, 6) is -2.11. The Hall–Kier alpha value is -1.83. The molecule has 2 bridgehead atoms. The summed E-state index contributed by atoms with van der Waals surface area (Å²) in [4.78, 5) is 0. The number of aromatic hydroxyl groups is 2. The lowest BCUT2D eigenvalue weighted by atomic mass is 10.2. The molecular formula is C6H5NO6S. The second-order valence-electron chi connectivity index (χ2n) is 2.56. The van der Waals surface area contributed by atoms with Gasteiger partial charge >= 0.3 is 10.4 Å². The molecule has 0 fully saturated rings. The first kappa shape index (κ1) is 8.75. The Labute approximate surface area is 78.6 Å². The quantitative estimate of drug-likeness (QED) is 0.311. The monoisotopic (exact) mass is 219 g/mol. The van der Waals surface area contributed by atoms with Crippen molar-refractivity contribution in [1.82, 2.24) is 0 Å². The molecule has 76 valence electrons. The van der Waals surface area contributed by atoms with Crippen LogP contribution in [0.15, 0.2) is 6.07 Å². The Bertz CT molecular complexity index is 501. The van der Waals surface area contributed by atoms with Gasteiger partial charge in [-0.3, -0.25) is 0 Å². The van der Waals surface area contributed by atoms with Crippen LogP contribution in [0.4, 0.5) is 5.69 Å². The van der Waals surface area contributed by atoms with Crippen LogP contribution in [0.2, 0.25) is 0 Å². The van der Waals surface area contributed by atoms with Crippen LogP contribution in [0.3, 0.4) is 0 Å². The standard InChI is InChI=1S/C6H5NO6S/c7-4-3-1-2(8)5(9)6(4)13-14(10,11)12-3/h1,8-9H,7H2. The van der Waals surface area contributed by atoms with Gasteiger partial charge < -0.3 is 24.3 Å². The number of nitrogens with two attached hydrogens (primary N) is 1. The predicted molar refractivity (Wildman–Crippen MR) is 44.4 cm³/mol. The maximum atomic E-state index is 10.9. The molecule has 1 aromatic rings. The zero-order valence-corrected chi connectivity index (χ0v) is 7.41. The molecule has 4 N–H and O–H groups in total. The molecule has 14 heavy (non-hydrogen) atoms. The third kappa shape index (κ3) is 1.08.